The molecule has 0 radical (unpaired) electrons. The van der Waals surface area contributed by atoms with Crippen LogP contribution in [0.5, 0.6) is 0 Å². The molecule has 8 heteroatoms. The predicted molar refractivity (Wildman–Crippen MR) is 92.7 cm³/mol. The summed E-state index contributed by atoms with van der Waals surface area (Å²) >= 11 is 0. The van der Waals surface area contributed by atoms with E-state index in [-0.39, 0.29) is 19.5 Å². The number of likely N-dealkylation sites (tertiary alicyclic amines) is 1. The average molecular weight is 377 g/mol. The quantitative estimate of drug-likeness (QED) is 0.823. The Bertz CT molecular complexity index is 797. The minimum atomic E-state index is -5.00. The lowest BCUT2D eigenvalue weighted by Crippen LogP contribution is -2.51. The molecule has 142 valence electrons. The summed E-state index contributed by atoms with van der Waals surface area (Å²) in [6, 6.07) is 11.1. The third-order valence-corrected chi connectivity index (χ3v) is 4.44. The standard InChI is InChI=1S/C19H18F3N3O2/c20-19(21,22)18(27)24-11-5-9-16(24)17(26)25(15-7-2-1-3-8-15)13-14-6-4-10-23-12-14/h1-4,6-8,10,12,16H,5,9,11,13H2. The van der Waals surface area contributed by atoms with Crippen LogP contribution in [0.15, 0.2) is 54.9 Å². The van der Waals surface area contributed by atoms with Crippen molar-refractivity contribution in [2.75, 3.05) is 11.4 Å². The van der Waals surface area contributed by atoms with Crippen LogP contribution < -0.4 is 4.90 Å². The van der Waals surface area contributed by atoms with Gasteiger partial charge in [0.1, 0.15) is 6.04 Å². The number of amides is 2. The van der Waals surface area contributed by atoms with Gasteiger partial charge in [-0.05, 0) is 36.6 Å². The number of benzene rings is 1. The molecule has 1 unspecified atom stereocenters. The van der Waals surface area contributed by atoms with E-state index in [4.69, 9.17) is 0 Å². The Labute approximate surface area is 154 Å². The highest BCUT2D eigenvalue weighted by Gasteiger charge is 2.48. The third-order valence-electron chi connectivity index (χ3n) is 4.44. The van der Waals surface area contributed by atoms with Crippen LogP contribution in [0, 0.1) is 0 Å². The smallest absolute Gasteiger partial charge is 0.323 e. The first-order valence-corrected chi connectivity index (χ1v) is 8.51. The first-order chi connectivity index (χ1) is 12.9. The summed E-state index contributed by atoms with van der Waals surface area (Å²) in [5, 5.41) is 0. The van der Waals surface area contributed by atoms with Gasteiger partial charge in [0.15, 0.2) is 0 Å². The van der Waals surface area contributed by atoms with Crippen LogP contribution in [-0.2, 0) is 16.1 Å². The number of carbonyl (C=O) groups excluding carboxylic acids is 2. The van der Waals surface area contributed by atoms with Crippen LogP contribution in [0.1, 0.15) is 18.4 Å². The molecule has 2 amide bonds. The van der Waals surface area contributed by atoms with Gasteiger partial charge in [-0.25, -0.2) is 0 Å². The molecular formula is C19H18F3N3O2. The van der Waals surface area contributed by atoms with E-state index in [1.165, 1.54) is 4.90 Å². The van der Waals surface area contributed by atoms with Crippen molar-refractivity contribution in [3.05, 3.63) is 60.4 Å². The van der Waals surface area contributed by atoms with Crippen molar-refractivity contribution in [2.45, 2.75) is 31.6 Å². The van der Waals surface area contributed by atoms with E-state index in [0.29, 0.717) is 17.0 Å². The first kappa shape index (κ1) is 18.9. The fourth-order valence-electron chi connectivity index (χ4n) is 3.19. The predicted octanol–water partition coefficient (Wildman–Crippen LogP) is 3.17. The summed E-state index contributed by atoms with van der Waals surface area (Å²) in [5.41, 5.74) is 1.29. The molecule has 0 N–H and O–H groups in total. The molecule has 2 heterocycles. The van der Waals surface area contributed by atoms with Gasteiger partial charge in [0.2, 0.25) is 5.91 Å². The highest BCUT2D eigenvalue weighted by atomic mass is 19.4. The molecule has 1 saturated heterocycles. The fraction of sp³-hybridized carbons (Fsp3) is 0.316. The summed E-state index contributed by atoms with van der Waals surface area (Å²) in [4.78, 5) is 30.9. The normalized spacial score (nSPS) is 17.0. The van der Waals surface area contributed by atoms with Gasteiger partial charge in [-0.15, -0.1) is 0 Å². The molecule has 1 aromatic heterocycles. The molecule has 1 aliphatic rings. The lowest BCUT2D eigenvalue weighted by molar-refractivity contribution is -0.186. The number of rotatable bonds is 4. The van der Waals surface area contributed by atoms with Crippen molar-refractivity contribution in [3.8, 4) is 0 Å². The summed E-state index contributed by atoms with van der Waals surface area (Å²) in [7, 11) is 0. The molecule has 1 aromatic carbocycles. The Kier molecular flexibility index (Phi) is 5.43. The van der Waals surface area contributed by atoms with Crippen LogP contribution in [-0.4, -0.2) is 40.5 Å². The van der Waals surface area contributed by atoms with Gasteiger partial charge in [0, 0.05) is 24.6 Å². The lowest BCUT2D eigenvalue weighted by Gasteiger charge is -2.30. The van der Waals surface area contributed by atoms with Crippen molar-refractivity contribution in [1.82, 2.24) is 9.88 Å². The maximum atomic E-state index is 13.1. The molecule has 1 atom stereocenters. The molecule has 1 fully saturated rings. The van der Waals surface area contributed by atoms with E-state index >= 15 is 0 Å². The van der Waals surface area contributed by atoms with Crippen LogP contribution in [0.3, 0.4) is 0 Å². The maximum Gasteiger partial charge on any atom is 0.471 e. The van der Waals surface area contributed by atoms with Crippen LogP contribution >= 0.6 is 0 Å². The summed E-state index contributed by atoms with van der Waals surface area (Å²) < 4.78 is 38.7. The van der Waals surface area contributed by atoms with E-state index in [1.807, 2.05) is 0 Å². The van der Waals surface area contributed by atoms with Gasteiger partial charge in [-0.1, -0.05) is 24.3 Å². The molecule has 2 aromatic rings. The van der Waals surface area contributed by atoms with E-state index in [1.54, 1.807) is 54.9 Å². The molecule has 0 bridgehead atoms. The Morgan fingerprint density at radius 3 is 2.52 bits per heavy atom. The monoisotopic (exact) mass is 377 g/mol. The van der Waals surface area contributed by atoms with Gasteiger partial charge in [0.25, 0.3) is 0 Å². The van der Waals surface area contributed by atoms with E-state index in [2.05, 4.69) is 4.98 Å². The number of nitrogens with zero attached hydrogens (tertiary/aromatic N) is 3. The van der Waals surface area contributed by atoms with E-state index < -0.39 is 24.0 Å². The van der Waals surface area contributed by atoms with Crippen LogP contribution in [0.25, 0.3) is 0 Å². The Balaban J connectivity index is 1.89. The Morgan fingerprint density at radius 2 is 1.89 bits per heavy atom. The van der Waals surface area contributed by atoms with Crippen LogP contribution in [0.4, 0.5) is 18.9 Å². The van der Waals surface area contributed by atoms with Crippen molar-refractivity contribution in [1.29, 1.82) is 0 Å². The summed E-state index contributed by atoms with van der Waals surface area (Å²) in [5.74, 6) is -2.49. The molecule has 1 aliphatic heterocycles. The van der Waals surface area contributed by atoms with Gasteiger partial charge in [0.05, 0.1) is 6.54 Å². The Morgan fingerprint density at radius 1 is 1.15 bits per heavy atom. The van der Waals surface area contributed by atoms with Gasteiger partial charge in [-0.3, -0.25) is 14.6 Å². The van der Waals surface area contributed by atoms with E-state index in [9.17, 15) is 22.8 Å². The minimum Gasteiger partial charge on any atom is -0.323 e. The van der Waals surface area contributed by atoms with Crippen molar-refractivity contribution in [3.63, 3.8) is 0 Å². The highest BCUT2D eigenvalue weighted by Crippen LogP contribution is 2.28. The average Bonchev–Trinajstić information content (AvgIpc) is 3.15. The molecule has 0 aliphatic carbocycles. The number of carbonyl (C=O) groups is 2. The van der Waals surface area contributed by atoms with Crippen LogP contribution in [0.2, 0.25) is 0 Å². The Hall–Kier alpha value is -2.90. The number of alkyl halides is 3. The number of halogens is 3. The topological polar surface area (TPSA) is 53.5 Å². The second kappa shape index (κ2) is 7.77. The maximum absolute atomic E-state index is 13.1. The van der Waals surface area contributed by atoms with Gasteiger partial charge >= 0.3 is 12.1 Å². The zero-order valence-electron chi connectivity index (χ0n) is 14.4. The minimum absolute atomic E-state index is 0.0791. The number of para-hydroxylation sites is 1. The second-order valence-corrected chi connectivity index (χ2v) is 6.28. The molecule has 0 saturated carbocycles. The third kappa shape index (κ3) is 4.27. The van der Waals surface area contributed by atoms with E-state index in [0.717, 1.165) is 5.56 Å². The lowest BCUT2D eigenvalue weighted by atomic mass is 10.1. The second-order valence-electron chi connectivity index (χ2n) is 6.28. The number of hydrogen-bond acceptors (Lipinski definition) is 3. The van der Waals surface area contributed by atoms with Gasteiger partial charge < -0.3 is 9.80 Å². The SMILES string of the molecule is O=C(C1CCCN1C(=O)C(F)(F)F)N(Cc1cccnc1)c1ccccc1. The summed E-state index contributed by atoms with van der Waals surface area (Å²) in [6.07, 6.45) is -1.25. The number of aromatic nitrogens is 1. The molecule has 0 spiro atoms. The zero-order valence-corrected chi connectivity index (χ0v) is 14.4. The molecule has 3 rings (SSSR count). The molecule has 27 heavy (non-hydrogen) atoms. The molecular weight excluding hydrogens is 359 g/mol. The number of hydrogen-bond donors (Lipinski definition) is 0. The van der Waals surface area contributed by atoms with Gasteiger partial charge in [-0.2, -0.15) is 13.2 Å². The van der Waals surface area contributed by atoms with Crippen molar-refractivity contribution in [2.24, 2.45) is 0 Å². The fourth-order valence-corrected chi connectivity index (χ4v) is 3.19. The summed E-state index contributed by atoms with van der Waals surface area (Å²) in [6.45, 7) is 0.0749. The first-order valence-electron chi connectivity index (χ1n) is 8.51. The van der Waals surface area contributed by atoms with Crippen molar-refractivity contribution >= 4 is 17.5 Å². The number of anilines is 1. The zero-order chi connectivity index (χ0) is 19.4. The number of pyridine rings is 1. The van der Waals surface area contributed by atoms with Crippen molar-refractivity contribution < 1.29 is 22.8 Å². The largest absolute Gasteiger partial charge is 0.471 e. The molecule has 5 nitrogen and oxygen atoms in total. The highest BCUT2D eigenvalue weighted by molar-refractivity contribution is 6.00.